The van der Waals surface area contributed by atoms with Gasteiger partial charge in [-0.05, 0) is 60.2 Å². The summed E-state index contributed by atoms with van der Waals surface area (Å²) < 4.78 is 69.3. The summed E-state index contributed by atoms with van der Waals surface area (Å²) in [5, 5.41) is 6.76. The van der Waals surface area contributed by atoms with Crippen molar-refractivity contribution in [2.24, 2.45) is 5.10 Å². The number of carbonyl (C=O) groups is 2. The second-order valence-corrected chi connectivity index (χ2v) is 10.3. The molecule has 0 aromatic heterocycles. The topological polar surface area (TPSA) is 117 Å². The van der Waals surface area contributed by atoms with E-state index in [0.717, 1.165) is 24.5 Å². The van der Waals surface area contributed by atoms with Gasteiger partial charge in [0.25, 0.3) is 11.8 Å². The van der Waals surface area contributed by atoms with Crippen LogP contribution < -0.4 is 19.8 Å². The zero-order valence-corrected chi connectivity index (χ0v) is 21.8. The molecule has 0 saturated heterocycles. The van der Waals surface area contributed by atoms with Crippen LogP contribution in [-0.2, 0) is 25.8 Å². The summed E-state index contributed by atoms with van der Waals surface area (Å²) in [6, 6.07) is 16.7. The molecule has 206 valence electrons. The third kappa shape index (κ3) is 9.00. The minimum Gasteiger partial charge on any atom is -0.484 e. The lowest BCUT2D eigenvalue weighted by Gasteiger charge is -2.22. The maximum absolute atomic E-state index is 13.0. The molecule has 0 atom stereocenters. The molecule has 0 bridgehead atoms. The Morgan fingerprint density at radius 1 is 1.03 bits per heavy atom. The number of halogens is 4. The number of hydrazone groups is 1. The van der Waals surface area contributed by atoms with Crippen LogP contribution in [0.4, 0.5) is 24.5 Å². The fourth-order valence-corrected chi connectivity index (χ4v) is 4.16. The first kappa shape index (κ1) is 29.5. The number of hydrogen-bond acceptors (Lipinski definition) is 6. The molecule has 2 N–H and O–H groups in total. The van der Waals surface area contributed by atoms with Crippen molar-refractivity contribution in [3.8, 4) is 5.75 Å². The molecule has 0 unspecified atom stereocenters. The van der Waals surface area contributed by atoms with Crippen molar-refractivity contribution in [1.29, 1.82) is 0 Å². The van der Waals surface area contributed by atoms with Gasteiger partial charge in [0.05, 0.1) is 34.4 Å². The van der Waals surface area contributed by atoms with Gasteiger partial charge in [0.2, 0.25) is 10.0 Å². The quantitative estimate of drug-likeness (QED) is 0.273. The van der Waals surface area contributed by atoms with Gasteiger partial charge >= 0.3 is 6.18 Å². The molecule has 3 rings (SSSR count). The van der Waals surface area contributed by atoms with E-state index in [9.17, 15) is 31.2 Å². The van der Waals surface area contributed by atoms with Crippen molar-refractivity contribution >= 4 is 51.0 Å². The first-order valence-corrected chi connectivity index (χ1v) is 13.3. The van der Waals surface area contributed by atoms with Crippen LogP contribution >= 0.6 is 11.6 Å². The molecule has 3 aromatic carbocycles. The van der Waals surface area contributed by atoms with Gasteiger partial charge in [-0.3, -0.25) is 13.9 Å². The van der Waals surface area contributed by atoms with Crippen LogP contribution in [0, 0.1) is 0 Å². The monoisotopic (exact) mass is 582 g/mol. The summed E-state index contributed by atoms with van der Waals surface area (Å²) in [6.07, 6.45) is -2.65. The van der Waals surface area contributed by atoms with Crippen LogP contribution in [0.3, 0.4) is 0 Å². The molecule has 0 saturated carbocycles. The van der Waals surface area contributed by atoms with E-state index in [2.05, 4.69) is 15.8 Å². The van der Waals surface area contributed by atoms with Crippen molar-refractivity contribution in [1.82, 2.24) is 5.43 Å². The second kappa shape index (κ2) is 12.6. The number of anilines is 2. The molecule has 0 radical (unpaired) electrons. The summed E-state index contributed by atoms with van der Waals surface area (Å²) in [6.45, 7) is -1.06. The van der Waals surface area contributed by atoms with E-state index in [4.69, 9.17) is 16.3 Å². The minimum atomic E-state index is -4.69. The van der Waals surface area contributed by atoms with Gasteiger partial charge in [0.15, 0.2) is 6.61 Å². The van der Waals surface area contributed by atoms with E-state index in [1.807, 2.05) is 0 Å². The van der Waals surface area contributed by atoms with Crippen molar-refractivity contribution in [3.05, 3.63) is 88.9 Å². The molecule has 9 nitrogen and oxygen atoms in total. The van der Waals surface area contributed by atoms with E-state index < -0.39 is 40.1 Å². The number of benzene rings is 3. The predicted octanol–water partition coefficient (Wildman–Crippen LogP) is 4.29. The highest BCUT2D eigenvalue weighted by Gasteiger charge is 2.32. The molecule has 14 heteroatoms. The number of alkyl halides is 3. The van der Waals surface area contributed by atoms with Gasteiger partial charge in [0.1, 0.15) is 12.3 Å². The summed E-state index contributed by atoms with van der Waals surface area (Å²) in [5.41, 5.74) is 1.75. The van der Waals surface area contributed by atoms with Gasteiger partial charge in [0, 0.05) is 0 Å². The Morgan fingerprint density at radius 2 is 1.72 bits per heavy atom. The molecule has 0 fully saturated rings. The average molecular weight is 583 g/mol. The summed E-state index contributed by atoms with van der Waals surface area (Å²) in [7, 11) is -4.08. The summed E-state index contributed by atoms with van der Waals surface area (Å²) in [4.78, 5) is 24.3. The van der Waals surface area contributed by atoms with Crippen molar-refractivity contribution in [2.45, 2.75) is 6.18 Å². The fraction of sp³-hybridized carbons (Fsp3) is 0.160. The van der Waals surface area contributed by atoms with E-state index in [1.54, 1.807) is 48.5 Å². The largest absolute Gasteiger partial charge is 0.484 e. The van der Waals surface area contributed by atoms with Crippen LogP contribution in [0.15, 0.2) is 77.9 Å². The molecule has 3 aromatic rings. The molecule has 0 spiro atoms. The number of rotatable bonds is 10. The second-order valence-electron chi connectivity index (χ2n) is 8.00. The number of amides is 2. The van der Waals surface area contributed by atoms with Gasteiger partial charge < -0.3 is 10.1 Å². The lowest BCUT2D eigenvalue weighted by molar-refractivity contribution is -0.137. The number of hydrogen-bond donors (Lipinski definition) is 2. The van der Waals surface area contributed by atoms with Gasteiger partial charge in [-0.25, -0.2) is 13.8 Å². The first-order valence-electron chi connectivity index (χ1n) is 11.1. The normalized spacial score (nSPS) is 11.7. The standard InChI is InChI=1S/C25H22ClF3N4O5S/c1-39(36,37)33(19-6-4-5-18(13-19)25(27,28)29)15-23(34)32-30-14-17-9-11-20(12-10-17)38-16-24(35)31-22-8-3-2-7-21(22)26/h2-14H,15-16H2,1H3,(H,31,35)(H,32,34)/b30-14+. The van der Waals surface area contributed by atoms with Crippen LogP contribution in [-0.4, -0.2) is 45.9 Å². The highest BCUT2D eigenvalue weighted by atomic mass is 35.5. The lowest BCUT2D eigenvalue weighted by atomic mass is 10.2. The molecule has 0 aliphatic heterocycles. The van der Waals surface area contributed by atoms with Crippen LogP contribution in [0.1, 0.15) is 11.1 Å². The molecule has 2 amide bonds. The van der Waals surface area contributed by atoms with Gasteiger partial charge in [-0.1, -0.05) is 29.8 Å². The molecular formula is C25H22ClF3N4O5S. The van der Waals surface area contributed by atoms with Crippen LogP contribution in [0.25, 0.3) is 0 Å². The number of ether oxygens (including phenoxy) is 1. The SMILES string of the molecule is CS(=O)(=O)N(CC(=O)N/N=C/c1ccc(OCC(=O)Nc2ccccc2Cl)cc1)c1cccc(C(F)(F)F)c1. The maximum atomic E-state index is 13.0. The first-order chi connectivity index (χ1) is 18.3. The lowest BCUT2D eigenvalue weighted by Crippen LogP contribution is -2.39. The zero-order chi connectivity index (χ0) is 28.6. The molecule has 0 heterocycles. The van der Waals surface area contributed by atoms with E-state index in [-0.39, 0.29) is 12.3 Å². The fourth-order valence-electron chi connectivity index (χ4n) is 3.13. The van der Waals surface area contributed by atoms with Crippen molar-refractivity contribution < 1.29 is 35.9 Å². The molecular weight excluding hydrogens is 561 g/mol. The van der Waals surface area contributed by atoms with E-state index in [1.165, 1.54) is 6.21 Å². The Labute approximate surface area is 227 Å². The van der Waals surface area contributed by atoms with Crippen molar-refractivity contribution in [3.63, 3.8) is 0 Å². The predicted molar refractivity (Wildman–Crippen MR) is 141 cm³/mol. The summed E-state index contributed by atoms with van der Waals surface area (Å²) >= 11 is 6.00. The van der Waals surface area contributed by atoms with Gasteiger partial charge in [-0.15, -0.1) is 0 Å². The highest BCUT2D eigenvalue weighted by Crippen LogP contribution is 2.32. The van der Waals surface area contributed by atoms with E-state index in [0.29, 0.717) is 32.4 Å². The number of sulfonamides is 1. The Bertz CT molecular complexity index is 1470. The third-order valence-corrected chi connectivity index (χ3v) is 6.42. The average Bonchev–Trinajstić information content (AvgIpc) is 2.87. The summed E-state index contributed by atoms with van der Waals surface area (Å²) in [5.74, 6) is -0.904. The number of para-hydroxylation sites is 1. The molecule has 0 aliphatic carbocycles. The van der Waals surface area contributed by atoms with Crippen molar-refractivity contribution in [2.75, 3.05) is 29.0 Å². The zero-order valence-electron chi connectivity index (χ0n) is 20.3. The minimum absolute atomic E-state index is 0.266. The Balaban J connectivity index is 1.54. The Hall–Kier alpha value is -4.10. The smallest absolute Gasteiger partial charge is 0.416 e. The van der Waals surface area contributed by atoms with E-state index >= 15 is 0 Å². The number of nitrogens with zero attached hydrogens (tertiary/aromatic N) is 2. The highest BCUT2D eigenvalue weighted by molar-refractivity contribution is 7.92. The Morgan fingerprint density at radius 3 is 2.36 bits per heavy atom. The van der Waals surface area contributed by atoms with Gasteiger partial charge in [-0.2, -0.15) is 18.3 Å². The Kier molecular flexibility index (Phi) is 9.54. The number of nitrogens with one attached hydrogen (secondary N) is 2. The third-order valence-electron chi connectivity index (χ3n) is 4.95. The number of carbonyl (C=O) groups excluding carboxylic acids is 2. The van der Waals surface area contributed by atoms with Crippen LogP contribution in [0.2, 0.25) is 5.02 Å². The van der Waals surface area contributed by atoms with Crippen LogP contribution in [0.5, 0.6) is 5.75 Å². The maximum Gasteiger partial charge on any atom is 0.416 e. The molecule has 0 aliphatic rings. The molecule has 39 heavy (non-hydrogen) atoms.